The molecule has 1 N–H and O–H groups in total. The lowest BCUT2D eigenvalue weighted by molar-refractivity contribution is -0.0233. The molecular formula is C6H9NOS. The summed E-state index contributed by atoms with van der Waals surface area (Å²) in [6.45, 7) is 0.441. The number of hydrogen-bond acceptors (Lipinski definition) is 3. The highest BCUT2D eigenvalue weighted by atomic mass is 32.1. The predicted molar refractivity (Wildman–Crippen MR) is 38.7 cm³/mol. The molecule has 1 fully saturated rings. The van der Waals surface area contributed by atoms with Crippen LogP contribution in [0.2, 0.25) is 0 Å². The number of aliphatic hydroxyl groups is 1. The van der Waals surface area contributed by atoms with Gasteiger partial charge in [0, 0.05) is 0 Å². The summed E-state index contributed by atoms with van der Waals surface area (Å²) in [5.74, 6) is 0. The Morgan fingerprint density at radius 2 is 2.33 bits per heavy atom. The van der Waals surface area contributed by atoms with Crippen LogP contribution < -0.4 is 0 Å². The third-order valence-electron chi connectivity index (χ3n) is 1.72. The Morgan fingerprint density at radius 3 is 2.67 bits per heavy atom. The van der Waals surface area contributed by atoms with E-state index in [9.17, 15) is 5.11 Å². The van der Waals surface area contributed by atoms with Crippen molar-refractivity contribution in [1.29, 1.82) is 0 Å². The minimum atomic E-state index is -0.522. The summed E-state index contributed by atoms with van der Waals surface area (Å²) in [7, 11) is 0. The summed E-state index contributed by atoms with van der Waals surface area (Å²) in [5, 5.41) is 11.6. The molecule has 1 aliphatic rings. The lowest BCUT2D eigenvalue weighted by Crippen LogP contribution is -2.39. The highest BCUT2D eigenvalue weighted by Gasteiger charge is 2.33. The lowest BCUT2D eigenvalue weighted by atomic mass is 9.80. The van der Waals surface area contributed by atoms with E-state index in [1.54, 1.807) is 0 Å². The van der Waals surface area contributed by atoms with Crippen LogP contribution in [0.15, 0.2) is 4.99 Å². The van der Waals surface area contributed by atoms with Gasteiger partial charge >= 0.3 is 0 Å². The Balaban J connectivity index is 2.32. The van der Waals surface area contributed by atoms with Gasteiger partial charge < -0.3 is 5.11 Å². The molecule has 0 aromatic carbocycles. The van der Waals surface area contributed by atoms with Gasteiger partial charge in [0.2, 0.25) is 0 Å². The quantitative estimate of drug-likeness (QED) is 0.462. The van der Waals surface area contributed by atoms with Crippen molar-refractivity contribution in [2.75, 3.05) is 6.54 Å². The number of hydrogen-bond donors (Lipinski definition) is 1. The van der Waals surface area contributed by atoms with Gasteiger partial charge in [-0.1, -0.05) is 0 Å². The van der Waals surface area contributed by atoms with Crippen molar-refractivity contribution >= 4 is 17.4 Å². The molecule has 0 aliphatic heterocycles. The summed E-state index contributed by atoms with van der Waals surface area (Å²) in [6.07, 6.45) is 2.85. The standard InChI is InChI=1S/C6H9NOS/c8-6(2-1-3-6)4-7-5-9/h8H,1-4H2. The van der Waals surface area contributed by atoms with Gasteiger partial charge in [0.25, 0.3) is 0 Å². The van der Waals surface area contributed by atoms with Crippen molar-refractivity contribution in [3.63, 3.8) is 0 Å². The van der Waals surface area contributed by atoms with Crippen LogP contribution in [0.25, 0.3) is 0 Å². The molecule has 1 aliphatic carbocycles. The minimum Gasteiger partial charge on any atom is -0.388 e. The van der Waals surface area contributed by atoms with Gasteiger partial charge in [-0.05, 0) is 31.5 Å². The maximum atomic E-state index is 9.36. The van der Waals surface area contributed by atoms with Crippen LogP contribution in [0.1, 0.15) is 19.3 Å². The van der Waals surface area contributed by atoms with Crippen molar-refractivity contribution in [3.8, 4) is 0 Å². The number of rotatable bonds is 2. The fourth-order valence-corrected chi connectivity index (χ4v) is 0.987. The van der Waals surface area contributed by atoms with Crippen LogP contribution in [0, 0.1) is 0 Å². The number of thiocarbonyl (C=S) groups is 1. The molecule has 0 bridgehead atoms. The van der Waals surface area contributed by atoms with Gasteiger partial charge in [-0.25, -0.2) is 4.99 Å². The van der Waals surface area contributed by atoms with E-state index in [0.717, 1.165) is 19.3 Å². The molecule has 2 nitrogen and oxygen atoms in total. The van der Waals surface area contributed by atoms with E-state index in [1.807, 2.05) is 0 Å². The highest BCUT2D eigenvalue weighted by molar-refractivity contribution is 7.78. The van der Waals surface area contributed by atoms with Gasteiger partial charge in [-0.3, -0.25) is 0 Å². The first kappa shape index (κ1) is 6.87. The molecule has 50 valence electrons. The Kier molecular flexibility index (Phi) is 1.96. The second-order valence-electron chi connectivity index (χ2n) is 2.49. The average Bonchev–Trinajstić information content (AvgIpc) is 1.79. The first-order valence-electron chi connectivity index (χ1n) is 3.03. The second kappa shape index (κ2) is 2.56. The molecule has 0 spiro atoms. The topological polar surface area (TPSA) is 32.6 Å². The average molecular weight is 143 g/mol. The molecule has 0 heterocycles. The first-order chi connectivity index (χ1) is 4.27. The minimum absolute atomic E-state index is 0.441. The van der Waals surface area contributed by atoms with E-state index in [1.165, 1.54) is 0 Å². The third kappa shape index (κ3) is 1.58. The van der Waals surface area contributed by atoms with Gasteiger partial charge in [-0.2, -0.15) is 0 Å². The van der Waals surface area contributed by atoms with Crippen LogP contribution in [-0.2, 0) is 0 Å². The van der Waals surface area contributed by atoms with Gasteiger partial charge in [0.1, 0.15) is 0 Å². The molecule has 0 amide bonds. The SMILES string of the molecule is OC1(CN=C=S)CCC1. The molecule has 0 radical (unpaired) electrons. The summed E-state index contributed by atoms with van der Waals surface area (Å²) in [5.41, 5.74) is -0.522. The summed E-state index contributed by atoms with van der Waals surface area (Å²) >= 11 is 4.36. The predicted octanol–water partition coefficient (Wildman–Crippen LogP) is 1.00. The Hall–Kier alpha value is -0.240. The van der Waals surface area contributed by atoms with Gasteiger partial charge in [0.05, 0.1) is 17.3 Å². The Labute approximate surface area is 59.6 Å². The molecule has 0 unspecified atom stereocenters. The summed E-state index contributed by atoms with van der Waals surface area (Å²) in [4.78, 5) is 3.68. The van der Waals surface area contributed by atoms with E-state index >= 15 is 0 Å². The Morgan fingerprint density at radius 1 is 1.67 bits per heavy atom. The fraction of sp³-hybridized carbons (Fsp3) is 0.833. The van der Waals surface area contributed by atoms with Crippen LogP contribution in [0.4, 0.5) is 0 Å². The van der Waals surface area contributed by atoms with Crippen molar-refractivity contribution in [2.45, 2.75) is 24.9 Å². The maximum Gasteiger partial charge on any atom is 0.0850 e. The van der Waals surface area contributed by atoms with Gasteiger partial charge in [-0.15, -0.1) is 0 Å². The fourth-order valence-electron chi connectivity index (χ4n) is 0.922. The smallest absolute Gasteiger partial charge is 0.0850 e. The molecule has 1 rings (SSSR count). The second-order valence-corrected chi connectivity index (χ2v) is 2.67. The van der Waals surface area contributed by atoms with Crippen LogP contribution in [0.3, 0.4) is 0 Å². The zero-order valence-electron chi connectivity index (χ0n) is 5.13. The molecule has 0 saturated heterocycles. The molecule has 9 heavy (non-hydrogen) atoms. The maximum absolute atomic E-state index is 9.36. The molecule has 3 heteroatoms. The van der Waals surface area contributed by atoms with E-state index in [-0.39, 0.29) is 0 Å². The number of nitrogens with zero attached hydrogens (tertiary/aromatic N) is 1. The summed E-state index contributed by atoms with van der Waals surface area (Å²) < 4.78 is 0. The monoisotopic (exact) mass is 143 g/mol. The van der Waals surface area contributed by atoms with Crippen molar-refractivity contribution in [2.24, 2.45) is 4.99 Å². The van der Waals surface area contributed by atoms with Crippen LogP contribution in [-0.4, -0.2) is 22.4 Å². The van der Waals surface area contributed by atoms with E-state index in [2.05, 4.69) is 22.4 Å². The van der Waals surface area contributed by atoms with Crippen molar-refractivity contribution in [3.05, 3.63) is 0 Å². The zero-order valence-corrected chi connectivity index (χ0v) is 5.95. The van der Waals surface area contributed by atoms with Crippen LogP contribution >= 0.6 is 12.2 Å². The molecule has 0 aromatic heterocycles. The van der Waals surface area contributed by atoms with Crippen LogP contribution in [0.5, 0.6) is 0 Å². The Bertz CT molecular complexity index is 147. The zero-order chi connectivity index (χ0) is 6.74. The van der Waals surface area contributed by atoms with Crippen molar-refractivity contribution < 1.29 is 5.11 Å². The highest BCUT2D eigenvalue weighted by Crippen LogP contribution is 2.31. The normalized spacial score (nSPS) is 21.9. The first-order valence-corrected chi connectivity index (χ1v) is 3.44. The largest absolute Gasteiger partial charge is 0.388 e. The molecule has 1 saturated carbocycles. The molecule has 0 aromatic rings. The number of isothiocyanates is 1. The molecule has 0 atom stereocenters. The van der Waals surface area contributed by atoms with Crippen molar-refractivity contribution in [1.82, 2.24) is 0 Å². The van der Waals surface area contributed by atoms with Gasteiger partial charge in [0.15, 0.2) is 0 Å². The lowest BCUT2D eigenvalue weighted by Gasteiger charge is -2.34. The molecular weight excluding hydrogens is 134 g/mol. The van der Waals surface area contributed by atoms with E-state index < -0.39 is 5.60 Å². The van der Waals surface area contributed by atoms with E-state index in [4.69, 9.17) is 0 Å². The third-order valence-corrected chi connectivity index (χ3v) is 1.85. The summed E-state index contributed by atoms with van der Waals surface area (Å²) in [6, 6.07) is 0. The number of aliphatic imine (C=N–C) groups is 1. The van der Waals surface area contributed by atoms with E-state index in [0.29, 0.717) is 6.54 Å².